The standard InChI is InChI=1S/C30H28O10/c1-5-33-29(32)28-21(38-19-10-11-20-25(14-19)36-16-34-20)7-6-8-22(28)39-23-15-26-24(35-17-37-26)13-18(23)9-12-27(31)40-30(2,3)4/h6-15H,5,16-17H2,1-4H3. The number of hydrogen-bond donors (Lipinski definition) is 0. The molecular weight excluding hydrogens is 520 g/mol. The minimum Gasteiger partial charge on any atom is -0.462 e. The van der Waals surface area contributed by atoms with Crippen LogP contribution in [0.5, 0.6) is 46.0 Å². The summed E-state index contributed by atoms with van der Waals surface area (Å²) in [5.41, 5.74) is -0.0865. The molecule has 10 nitrogen and oxygen atoms in total. The van der Waals surface area contributed by atoms with Crippen molar-refractivity contribution in [3.63, 3.8) is 0 Å². The van der Waals surface area contributed by atoms with Gasteiger partial charge in [-0.2, -0.15) is 0 Å². The molecule has 0 spiro atoms. The molecule has 0 N–H and O–H groups in total. The van der Waals surface area contributed by atoms with Gasteiger partial charge < -0.3 is 37.9 Å². The Morgan fingerprint density at radius 1 is 0.825 bits per heavy atom. The zero-order chi connectivity index (χ0) is 28.3. The first kappa shape index (κ1) is 26.7. The van der Waals surface area contributed by atoms with E-state index in [9.17, 15) is 9.59 Å². The van der Waals surface area contributed by atoms with Crippen LogP contribution in [0.25, 0.3) is 6.08 Å². The zero-order valence-electron chi connectivity index (χ0n) is 22.5. The number of carbonyl (C=O) groups is 2. The molecule has 0 aliphatic carbocycles. The van der Waals surface area contributed by atoms with E-state index in [2.05, 4.69) is 0 Å². The van der Waals surface area contributed by atoms with Crippen molar-refractivity contribution in [1.82, 2.24) is 0 Å². The Balaban J connectivity index is 1.50. The first-order valence-corrected chi connectivity index (χ1v) is 12.6. The van der Waals surface area contributed by atoms with E-state index in [-0.39, 0.29) is 37.3 Å². The van der Waals surface area contributed by atoms with Crippen molar-refractivity contribution >= 4 is 18.0 Å². The van der Waals surface area contributed by atoms with Crippen molar-refractivity contribution in [2.45, 2.75) is 33.3 Å². The summed E-state index contributed by atoms with van der Waals surface area (Å²) in [6.45, 7) is 7.36. The van der Waals surface area contributed by atoms with Gasteiger partial charge >= 0.3 is 11.9 Å². The number of ether oxygens (including phenoxy) is 8. The third-order valence-corrected chi connectivity index (χ3v) is 5.57. The fourth-order valence-electron chi connectivity index (χ4n) is 3.92. The van der Waals surface area contributed by atoms with Crippen LogP contribution in [0.1, 0.15) is 43.6 Å². The minimum absolute atomic E-state index is 0.0426. The van der Waals surface area contributed by atoms with Gasteiger partial charge in [0.25, 0.3) is 0 Å². The largest absolute Gasteiger partial charge is 0.462 e. The molecule has 0 unspecified atom stereocenters. The molecule has 40 heavy (non-hydrogen) atoms. The number of esters is 2. The van der Waals surface area contributed by atoms with E-state index >= 15 is 0 Å². The van der Waals surface area contributed by atoms with Crippen LogP contribution in [-0.4, -0.2) is 37.7 Å². The maximum atomic E-state index is 13.1. The van der Waals surface area contributed by atoms with Gasteiger partial charge in [0, 0.05) is 23.8 Å². The van der Waals surface area contributed by atoms with Gasteiger partial charge in [-0.25, -0.2) is 9.59 Å². The van der Waals surface area contributed by atoms with Crippen LogP contribution < -0.4 is 28.4 Å². The van der Waals surface area contributed by atoms with Gasteiger partial charge in [0.05, 0.1) is 6.61 Å². The highest BCUT2D eigenvalue weighted by atomic mass is 16.7. The van der Waals surface area contributed by atoms with Gasteiger partial charge in [0.15, 0.2) is 23.0 Å². The molecule has 208 valence electrons. The lowest BCUT2D eigenvalue weighted by molar-refractivity contribution is -0.148. The lowest BCUT2D eigenvalue weighted by atomic mass is 10.1. The average molecular weight is 549 g/mol. The van der Waals surface area contributed by atoms with Crippen LogP contribution in [0.2, 0.25) is 0 Å². The van der Waals surface area contributed by atoms with Crippen LogP contribution in [0.15, 0.2) is 54.6 Å². The SMILES string of the molecule is CCOC(=O)c1c(Oc2ccc3c(c2)OCO3)cccc1Oc1cc2c(cc1C=CC(=O)OC(C)(C)C)OCO2. The molecule has 5 rings (SSSR count). The van der Waals surface area contributed by atoms with Crippen molar-refractivity contribution in [1.29, 1.82) is 0 Å². The van der Waals surface area contributed by atoms with Crippen LogP contribution in [0.3, 0.4) is 0 Å². The maximum absolute atomic E-state index is 13.1. The number of benzene rings is 3. The molecule has 0 amide bonds. The molecule has 0 aromatic heterocycles. The van der Waals surface area contributed by atoms with E-state index in [0.717, 1.165) is 0 Å². The Morgan fingerprint density at radius 3 is 2.17 bits per heavy atom. The summed E-state index contributed by atoms with van der Waals surface area (Å²) in [5, 5.41) is 0. The molecule has 10 heteroatoms. The number of rotatable bonds is 8. The van der Waals surface area contributed by atoms with Crippen molar-refractivity contribution in [3.05, 3.63) is 65.7 Å². The third kappa shape index (κ3) is 6.06. The lowest BCUT2D eigenvalue weighted by Crippen LogP contribution is -2.22. The molecule has 2 heterocycles. The van der Waals surface area contributed by atoms with Gasteiger partial charge in [0.2, 0.25) is 13.6 Å². The second-order valence-corrected chi connectivity index (χ2v) is 9.68. The van der Waals surface area contributed by atoms with E-state index in [1.807, 2.05) is 0 Å². The van der Waals surface area contributed by atoms with Gasteiger partial charge in [-0.1, -0.05) is 6.07 Å². The summed E-state index contributed by atoms with van der Waals surface area (Å²) < 4.78 is 44.8. The predicted octanol–water partition coefficient (Wildman–Crippen LogP) is 6.26. The van der Waals surface area contributed by atoms with E-state index in [1.54, 1.807) is 82.3 Å². The highest BCUT2D eigenvalue weighted by Gasteiger charge is 2.25. The molecular formula is C30H28O10. The first-order valence-electron chi connectivity index (χ1n) is 12.6. The van der Waals surface area contributed by atoms with E-state index in [4.69, 9.17) is 37.9 Å². The monoisotopic (exact) mass is 548 g/mol. The number of carbonyl (C=O) groups excluding carboxylic acids is 2. The Morgan fingerprint density at radius 2 is 1.48 bits per heavy atom. The highest BCUT2D eigenvalue weighted by Crippen LogP contribution is 2.43. The van der Waals surface area contributed by atoms with Gasteiger partial charge in [-0.3, -0.25) is 0 Å². The Labute approximate surface area is 230 Å². The fraction of sp³-hybridized carbons (Fsp3) is 0.267. The average Bonchev–Trinajstić information content (AvgIpc) is 3.55. The van der Waals surface area contributed by atoms with E-state index in [1.165, 1.54) is 6.08 Å². The quantitative estimate of drug-likeness (QED) is 0.236. The van der Waals surface area contributed by atoms with Gasteiger partial charge in [-0.15, -0.1) is 0 Å². The lowest BCUT2D eigenvalue weighted by Gasteiger charge is -2.18. The molecule has 0 radical (unpaired) electrons. The van der Waals surface area contributed by atoms with Gasteiger partial charge in [-0.05, 0) is 64.1 Å². The summed E-state index contributed by atoms with van der Waals surface area (Å²) in [5.74, 6) is 2.02. The second-order valence-electron chi connectivity index (χ2n) is 9.68. The van der Waals surface area contributed by atoms with Crippen LogP contribution in [0.4, 0.5) is 0 Å². The summed E-state index contributed by atoms with van der Waals surface area (Å²) in [6, 6.07) is 13.3. The molecule has 0 saturated carbocycles. The van der Waals surface area contributed by atoms with Crippen molar-refractivity contribution < 1.29 is 47.5 Å². The molecule has 0 fully saturated rings. The molecule has 0 saturated heterocycles. The van der Waals surface area contributed by atoms with Crippen molar-refractivity contribution in [2.24, 2.45) is 0 Å². The van der Waals surface area contributed by atoms with Crippen LogP contribution in [0, 0.1) is 0 Å². The summed E-state index contributed by atoms with van der Waals surface area (Å²) in [4.78, 5) is 25.5. The fourth-order valence-corrected chi connectivity index (χ4v) is 3.92. The highest BCUT2D eigenvalue weighted by molar-refractivity contribution is 5.96. The Hall–Kier alpha value is -4.86. The first-order chi connectivity index (χ1) is 19.2. The smallest absolute Gasteiger partial charge is 0.345 e. The van der Waals surface area contributed by atoms with Crippen molar-refractivity contribution in [3.8, 4) is 46.0 Å². The minimum atomic E-state index is -0.650. The molecule has 0 bridgehead atoms. The summed E-state index contributed by atoms with van der Waals surface area (Å²) >= 11 is 0. The van der Waals surface area contributed by atoms with E-state index < -0.39 is 17.5 Å². The second kappa shape index (κ2) is 11.1. The summed E-state index contributed by atoms with van der Waals surface area (Å²) in [7, 11) is 0. The summed E-state index contributed by atoms with van der Waals surface area (Å²) in [6.07, 6.45) is 2.84. The number of hydrogen-bond acceptors (Lipinski definition) is 10. The maximum Gasteiger partial charge on any atom is 0.345 e. The normalized spacial score (nSPS) is 13.3. The molecule has 2 aliphatic rings. The Bertz CT molecular complexity index is 1470. The van der Waals surface area contributed by atoms with E-state index in [0.29, 0.717) is 40.1 Å². The topological polar surface area (TPSA) is 108 Å². The Kier molecular flexibility index (Phi) is 7.41. The number of fused-ring (bicyclic) bond motifs is 2. The third-order valence-electron chi connectivity index (χ3n) is 5.57. The zero-order valence-corrected chi connectivity index (χ0v) is 22.5. The van der Waals surface area contributed by atoms with Crippen LogP contribution in [-0.2, 0) is 14.3 Å². The molecule has 3 aromatic rings. The predicted molar refractivity (Wildman–Crippen MR) is 143 cm³/mol. The van der Waals surface area contributed by atoms with Crippen molar-refractivity contribution in [2.75, 3.05) is 20.2 Å². The van der Waals surface area contributed by atoms with Crippen LogP contribution >= 0.6 is 0 Å². The van der Waals surface area contributed by atoms with Gasteiger partial charge in [0.1, 0.15) is 34.2 Å². The molecule has 3 aromatic carbocycles. The molecule has 2 aliphatic heterocycles. The molecule has 0 atom stereocenters.